The Hall–Kier alpha value is -1.70. The van der Waals surface area contributed by atoms with E-state index in [-0.39, 0.29) is 5.75 Å². The normalized spacial score (nSPS) is 10.4. The average Bonchev–Trinajstić information content (AvgIpc) is 2.23. The van der Waals surface area contributed by atoms with Gasteiger partial charge in [0.25, 0.3) is 0 Å². The zero-order chi connectivity index (χ0) is 10.1. The lowest BCUT2D eigenvalue weighted by Crippen LogP contribution is -1.86. The van der Waals surface area contributed by atoms with Crippen molar-refractivity contribution < 1.29 is 9.84 Å². The molecule has 0 aliphatic carbocycles. The molecule has 0 fully saturated rings. The van der Waals surface area contributed by atoms with Gasteiger partial charge in [-0.15, -0.1) is 0 Å². The molecule has 2 heteroatoms. The van der Waals surface area contributed by atoms with Crippen LogP contribution in [-0.4, -0.2) is 12.2 Å². The van der Waals surface area contributed by atoms with Gasteiger partial charge in [-0.05, 0) is 30.0 Å². The summed E-state index contributed by atoms with van der Waals surface area (Å²) in [5.41, 5.74) is 1.14. The molecule has 2 aromatic carbocycles. The van der Waals surface area contributed by atoms with Crippen molar-refractivity contribution in [3.05, 3.63) is 35.9 Å². The zero-order valence-corrected chi connectivity index (χ0v) is 8.24. The maximum atomic E-state index is 9.73. The van der Waals surface area contributed by atoms with Gasteiger partial charge in [-0.3, -0.25) is 0 Å². The summed E-state index contributed by atoms with van der Waals surface area (Å²) in [7, 11) is 1.61. The number of phenols is 1. The largest absolute Gasteiger partial charge is 0.507 e. The number of ether oxygens (including phenoxy) is 1. The standard InChI is InChI=1S/C12H12O2/c1-8-6-7-10(13)12-9(8)4-3-5-11(12)14-2/h3-7,13H,1-2H3. The summed E-state index contributed by atoms with van der Waals surface area (Å²) >= 11 is 0. The quantitative estimate of drug-likeness (QED) is 0.745. The average molecular weight is 188 g/mol. The third kappa shape index (κ3) is 1.20. The molecule has 0 saturated carbocycles. The highest BCUT2D eigenvalue weighted by Gasteiger charge is 2.07. The molecule has 0 spiro atoms. The summed E-state index contributed by atoms with van der Waals surface area (Å²) in [6.45, 7) is 2.02. The summed E-state index contributed by atoms with van der Waals surface area (Å²) in [5.74, 6) is 0.978. The topological polar surface area (TPSA) is 29.5 Å². The second kappa shape index (κ2) is 3.22. The molecule has 14 heavy (non-hydrogen) atoms. The minimum absolute atomic E-state index is 0.267. The molecule has 0 bridgehead atoms. The summed E-state index contributed by atoms with van der Waals surface area (Å²) in [4.78, 5) is 0. The monoisotopic (exact) mass is 188 g/mol. The van der Waals surface area contributed by atoms with E-state index in [0.29, 0.717) is 5.75 Å². The third-order valence-corrected chi connectivity index (χ3v) is 2.42. The molecule has 72 valence electrons. The van der Waals surface area contributed by atoms with E-state index in [2.05, 4.69) is 0 Å². The summed E-state index contributed by atoms with van der Waals surface area (Å²) in [6, 6.07) is 9.35. The van der Waals surface area contributed by atoms with E-state index >= 15 is 0 Å². The van der Waals surface area contributed by atoms with Crippen LogP contribution in [0.5, 0.6) is 11.5 Å². The van der Waals surface area contributed by atoms with Crippen molar-refractivity contribution in [1.82, 2.24) is 0 Å². The van der Waals surface area contributed by atoms with Gasteiger partial charge >= 0.3 is 0 Å². The van der Waals surface area contributed by atoms with Gasteiger partial charge in [-0.1, -0.05) is 18.2 Å². The van der Waals surface area contributed by atoms with E-state index in [9.17, 15) is 5.11 Å². The van der Waals surface area contributed by atoms with Gasteiger partial charge in [0.05, 0.1) is 12.5 Å². The number of hydrogen-bond donors (Lipinski definition) is 1. The molecule has 0 unspecified atom stereocenters. The molecule has 0 amide bonds. The maximum absolute atomic E-state index is 9.73. The van der Waals surface area contributed by atoms with Gasteiger partial charge < -0.3 is 9.84 Å². The lowest BCUT2D eigenvalue weighted by atomic mass is 10.0. The zero-order valence-electron chi connectivity index (χ0n) is 8.24. The second-order valence-electron chi connectivity index (χ2n) is 3.28. The number of hydrogen-bond acceptors (Lipinski definition) is 2. The van der Waals surface area contributed by atoms with Crippen LogP contribution in [0.1, 0.15) is 5.56 Å². The number of fused-ring (bicyclic) bond motifs is 1. The Kier molecular flexibility index (Phi) is 2.04. The van der Waals surface area contributed by atoms with Crippen LogP contribution in [0, 0.1) is 6.92 Å². The number of methoxy groups -OCH3 is 1. The van der Waals surface area contributed by atoms with E-state index in [1.807, 2.05) is 31.2 Å². The van der Waals surface area contributed by atoms with Crippen molar-refractivity contribution in [2.45, 2.75) is 6.92 Å². The van der Waals surface area contributed by atoms with Crippen LogP contribution in [0.15, 0.2) is 30.3 Å². The third-order valence-electron chi connectivity index (χ3n) is 2.42. The van der Waals surface area contributed by atoms with E-state index < -0.39 is 0 Å². The Morgan fingerprint density at radius 2 is 1.93 bits per heavy atom. The first-order valence-electron chi connectivity index (χ1n) is 4.49. The number of phenolic OH excluding ortho intramolecular Hbond substituents is 1. The molecule has 2 aromatic rings. The molecule has 2 nitrogen and oxygen atoms in total. The van der Waals surface area contributed by atoms with Crippen LogP contribution in [0.4, 0.5) is 0 Å². The van der Waals surface area contributed by atoms with Gasteiger partial charge in [0.15, 0.2) is 0 Å². The fraction of sp³-hybridized carbons (Fsp3) is 0.167. The number of benzene rings is 2. The van der Waals surface area contributed by atoms with Gasteiger partial charge in [0, 0.05) is 0 Å². The van der Waals surface area contributed by atoms with Crippen molar-refractivity contribution in [3.63, 3.8) is 0 Å². The Balaban J connectivity index is 2.92. The van der Waals surface area contributed by atoms with E-state index in [1.165, 1.54) is 0 Å². The Bertz CT molecular complexity index is 475. The molecule has 0 aliphatic rings. The van der Waals surface area contributed by atoms with E-state index in [4.69, 9.17) is 4.74 Å². The fourth-order valence-corrected chi connectivity index (χ4v) is 1.67. The summed E-state index contributed by atoms with van der Waals surface area (Å²) in [6.07, 6.45) is 0. The Morgan fingerprint density at radius 3 is 2.64 bits per heavy atom. The smallest absolute Gasteiger partial charge is 0.130 e. The molecule has 0 radical (unpaired) electrons. The van der Waals surface area contributed by atoms with Crippen molar-refractivity contribution in [2.24, 2.45) is 0 Å². The fourth-order valence-electron chi connectivity index (χ4n) is 1.67. The first-order chi connectivity index (χ1) is 6.74. The van der Waals surface area contributed by atoms with Crippen LogP contribution in [0.25, 0.3) is 10.8 Å². The van der Waals surface area contributed by atoms with Crippen LogP contribution >= 0.6 is 0 Å². The maximum Gasteiger partial charge on any atom is 0.130 e. The van der Waals surface area contributed by atoms with Crippen LogP contribution in [0.3, 0.4) is 0 Å². The predicted molar refractivity (Wildman–Crippen MR) is 56.9 cm³/mol. The van der Waals surface area contributed by atoms with Crippen LogP contribution in [-0.2, 0) is 0 Å². The van der Waals surface area contributed by atoms with Gasteiger partial charge in [0.1, 0.15) is 11.5 Å². The predicted octanol–water partition coefficient (Wildman–Crippen LogP) is 2.86. The summed E-state index contributed by atoms with van der Waals surface area (Å²) in [5, 5.41) is 11.5. The Morgan fingerprint density at radius 1 is 1.14 bits per heavy atom. The van der Waals surface area contributed by atoms with Crippen LogP contribution < -0.4 is 4.74 Å². The molecule has 0 aromatic heterocycles. The molecule has 2 rings (SSSR count). The van der Waals surface area contributed by atoms with Gasteiger partial charge in [0.2, 0.25) is 0 Å². The first kappa shape index (κ1) is 8.88. The lowest BCUT2D eigenvalue weighted by molar-refractivity contribution is 0.416. The van der Waals surface area contributed by atoms with Crippen LogP contribution in [0.2, 0.25) is 0 Å². The molecule has 0 saturated heterocycles. The molecule has 0 heterocycles. The molecular weight excluding hydrogens is 176 g/mol. The van der Waals surface area contributed by atoms with Crippen molar-refractivity contribution >= 4 is 10.8 Å². The summed E-state index contributed by atoms with van der Waals surface area (Å²) < 4.78 is 5.20. The highest BCUT2D eigenvalue weighted by molar-refractivity contribution is 5.95. The highest BCUT2D eigenvalue weighted by atomic mass is 16.5. The SMILES string of the molecule is COc1cccc2c(C)ccc(O)c12. The molecule has 1 N–H and O–H groups in total. The Labute approximate surface area is 82.8 Å². The minimum Gasteiger partial charge on any atom is -0.507 e. The molecule has 0 aliphatic heterocycles. The molecule has 0 atom stereocenters. The van der Waals surface area contributed by atoms with E-state index in [1.54, 1.807) is 13.2 Å². The first-order valence-corrected chi connectivity index (χ1v) is 4.49. The number of aromatic hydroxyl groups is 1. The lowest BCUT2D eigenvalue weighted by Gasteiger charge is -2.08. The number of rotatable bonds is 1. The molecular formula is C12H12O2. The van der Waals surface area contributed by atoms with E-state index in [0.717, 1.165) is 16.3 Å². The van der Waals surface area contributed by atoms with Crippen molar-refractivity contribution in [3.8, 4) is 11.5 Å². The van der Waals surface area contributed by atoms with Gasteiger partial charge in [-0.2, -0.15) is 0 Å². The van der Waals surface area contributed by atoms with Gasteiger partial charge in [-0.25, -0.2) is 0 Å². The number of aryl methyl sites for hydroxylation is 1. The minimum atomic E-state index is 0.267. The highest BCUT2D eigenvalue weighted by Crippen LogP contribution is 2.34. The second-order valence-corrected chi connectivity index (χ2v) is 3.28. The van der Waals surface area contributed by atoms with Crippen molar-refractivity contribution in [1.29, 1.82) is 0 Å². The van der Waals surface area contributed by atoms with Crippen molar-refractivity contribution in [2.75, 3.05) is 7.11 Å².